The molecule has 1 aromatic carbocycles. The molecule has 1 heterocycles. The normalized spacial score (nSPS) is 10.2. The van der Waals surface area contributed by atoms with E-state index in [1.54, 1.807) is 24.5 Å². The van der Waals surface area contributed by atoms with Crippen molar-refractivity contribution in [3.63, 3.8) is 0 Å². The zero-order valence-corrected chi connectivity index (χ0v) is 7.58. The topological polar surface area (TPSA) is 39.2 Å². The Morgan fingerprint density at radius 1 is 1.23 bits per heavy atom. The SMILES string of the molecule is Nc1ccc(Cl)cc1-c1ccco1. The van der Waals surface area contributed by atoms with Gasteiger partial charge in [-0.25, -0.2) is 0 Å². The fourth-order valence-corrected chi connectivity index (χ4v) is 1.35. The molecule has 0 fully saturated rings. The van der Waals surface area contributed by atoms with Crippen LogP contribution in [0.2, 0.25) is 5.02 Å². The van der Waals surface area contributed by atoms with Crippen LogP contribution in [0.1, 0.15) is 0 Å². The summed E-state index contributed by atoms with van der Waals surface area (Å²) in [6.45, 7) is 0. The summed E-state index contributed by atoms with van der Waals surface area (Å²) in [7, 11) is 0. The van der Waals surface area contributed by atoms with Gasteiger partial charge in [0.05, 0.1) is 6.26 Å². The van der Waals surface area contributed by atoms with E-state index in [9.17, 15) is 0 Å². The molecule has 2 aromatic rings. The van der Waals surface area contributed by atoms with Crippen molar-refractivity contribution in [2.24, 2.45) is 0 Å². The van der Waals surface area contributed by atoms with Crippen LogP contribution >= 0.6 is 11.6 Å². The highest BCUT2D eigenvalue weighted by Gasteiger charge is 2.05. The van der Waals surface area contributed by atoms with E-state index < -0.39 is 0 Å². The summed E-state index contributed by atoms with van der Waals surface area (Å²) >= 11 is 5.84. The summed E-state index contributed by atoms with van der Waals surface area (Å²) in [5.74, 6) is 0.736. The zero-order chi connectivity index (χ0) is 9.26. The van der Waals surface area contributed by atoms with E-state index in [2.05, 4.69) is 0 Å². The van der Waals surface area contributed by atoms with Crippen LogP contribution in [0, 0.1) is 0 Å². The molecule has 0 saturated carbocycles. The minimum atomic E-state index is 0.653. The average molecular weight is 194 g/mol. The molecule has 0 spiro atoms. The number of nitrogen functional groups attached to an aromatic ring is 1. The molecule has 66 valence electrons. The molecule has 0 aliphatic rings. The first-order chi connectivity index (χ1) is 6.27. The Morgan fingerprint density at radius 3 is 2.77 bits per heavy atom. The Balaban J connectivity index is 2.57. The molecule has 0 aliphatic heterocycles. The van der Waals surface area contributed by atoms with E-state index in [4.69, 9.17) is 21.8 Å². The van der Waals surface area contributed by atoms with E-state index in [-0.39, 0.29) is 0 Å². The molecule has 2 rings (SSSR count). The van der Waals surface area contributed by atoms with E-state index in [1.807, 2.05) is 12.1 Å². The van der Waals surface area contributed by atoms with Gasteiger partial charge in [-0.05, 0) is 30.3 Å². The Bertz CT molecular complexity index is 409. The van der Waals surface area contributed by atoms with Gasteiger partial charge in [0, 0.05) is 16.3 Å². The lowest BCUT2D eigenvalue weighted by Gasteiger charge is -2.01. The average Bonchev–Trinajstić information content (AvgIpc) is 2.61. The Hall–Kier alpha value is -1.41. The van der Waals surface area contributed by atoms with Crippen molar-refractivity contribution < 1.29 is 4.42 Å². The summed E-state index contributed by atoms with van der Waals surface area (Å²) in [5, 5.41) is 0.653. The van der Waals surface area contributed by atoms with Gasteiger partial charge >= 0.3 is 0 Å². The van der Waals surface area contributed by atoms with E-state index >= 15 is 0 Å². The Morgan fingerprint density at radius 2 is 2.08 bits per heavy atom. The van der Waals surface area contributed by atoms with Crippen LogP contribution in [-0.4, -0.2) is 0 Å². The van der Waals surface area contributed by atoms with Crippen molar-refractivity contribution in [1.82, 2.24) is 0 Å². The summed E-state index contributed by atoms with van der Waals surface area (Å²) in [5.41, 5.74) is 7.26. The minimum Gasteiger partial charge on any atom is -0.464 e. The summed E-state index contributed by atoms with van der Waals surface area (Å²) in [6, 6.07) is 8.97. The lowest BCUT2D eigenvalue weighted by atomic mass is 10.1. The molecule has 0 atom stereocenters. The summed E-state index contributed by atoms with van der Waals surface area (Å²) < 4.78 is 5.22. The third-order valence-corrected chi connectivity index (χ3v) is 2.04. The fourth-order valence-electron chi connectivity index (χ4n) is 1.17. The van der Waals surface area contributed by atoms with Crippen LogP contribution in [-0.2, 0) is 0 Å². The molecular formula is C10H8ClNO. The van der Waals surface area contributed by atoms with Gasteiger partial charge in [0.2, 0.25) is 0 Å². The van der Waals surface area contributed by atoms with Gasteiger partial charge in [0.15, 0.2) is 0 Å². The maximum absolute atomic E-state index is 5.84. The van der Waals surface area contributed by atoms with Crippen LogP contribution in [0.15, 0.2) is 41.0 Å². The highest BCUT2D eigenvalue weighted by Crippen LogP contribution is 2.28. The lowest BCUT2D eigenvalue weighted by Crippen LogP contribution is -1.88. The summed E-state index contributed by atoms with van der Waals surface area (Å²) in [6.07, 6.45) is 1.61. The number of anilines is 1. The molecule has 0 saturated heterocycles. The molecule has 2 N–H and O–H groups in total. The zero-order valence-electron chi connectivity index (χ0n) is 6.83. The Labute approximate surface area is 80.9 Å². The van der Waals surface area contributed by atoms with Crippen molar-refractivity contribution in [3.8, 4) is 11.3 Å². The molecule has 0 aliphatic carbocycles. The molecule has 0 bridgehead atoms. The maximum Gasteiger partial charge on any atom is 0.135 e. The van der Waals surface area contributed by atoms with Crippen LogP contribution < -0.4 is 5.73 Å². The first-order valence-corrected chi connectivity index (χ1v) is 4.24. The van der Waals surface area contributed by atoms with Crippen molar-refractivity contribution in [2.45, 2.75) is 0 Å². The van der Waals surface area contributed by atoms with Gasteiger partial charge in [-0.2, -0.15) is 0 Å². The number of benzene rings is 1. The van der Waals surface area contributed by atoms with Crippen LogP contribution in [0.3, 0.4) is 0 Å². The van der Waals surface area contributed by atoms with Gasteiger partial charge in [-0.1, -0.05) is 11.6 Å². The maximum atomic E-state index is 5.84. The molecule has 1 aromatic heterocycles. The van der Waals surface area contributed by atoms with Crippen molar-refractivity contribution in [2.75, 3.05) is 5.73 Å². The predicted octanol–water partition coefficient (Wildman–Crippen LogP) is 3.18. The molecule has 0 amide bonds. The lowest BCUT2D eigenvalue weighted by molar-refractivity contribution is 0.582. The van der Waals surface area contributed by atoms with Crippen molar-refractivity contribution >= 4 is 17.3 Å². The van der Waals surface area contributed by atoms with E-state index in [0.717, 1.165) is 11.3 Å². The van der Waals surface area contributed by atoms with E-state index in [1.165, 1.54) is 0 Å². The minimum absolute atomic E-state index is 0.653. The van der Waals surface area contributed by atoms with Crippen molar-refractivity contribution in [3.05, 3.63) is 41.6 Å². The van der Waals surface area contributed by atoms with Gasteiger partial charge < -0.3 is 10.2 Å². The third-order valence-electron chi connectivity index (χ3n) is 1.80. The van der Waals surface area contributed by atoms with Gasteiger partial charge in [0.25, 0.3) is 0 Å². The van der Waals surface area contributed by atoms with Crippen molar-refractivity contribution in [1.29, 1.82) is 0 Å². The molecule has 3 heteroatoms. The first kappa shape index (κ1) is 8.20. The number of furan rings is 1. The Kier molecular flexibility index (Phi) is 1.99. The highest BCUT2D eigenvalue weighted by molar-refractivity contribution is 6.31. The number of halogens is 1. The highest BCUT2D eigenvalue weighted by atomic mass is 35.5. The van der Waals surface area contributed by atoms with Crippen LogP contribution in [0.5, 0.6) is 0 Å². The molecule has 13 heavy (non-hydrogen) atoms. The number of hydrogen-bond acceptors (Lipinski definition) is 2. The third kappa shape index (κ3) is 1.53. The quantitative estimate of drug-likeness (QED) is 0.707. The number of nitrogens with two attached hydrogens (primary N) is 1. The molecule has 0 radical (unpaired) electrons. The molecular weight excluding hydrogens is 186 g/mol. The second-order valence-corrected chi connectivity index (χ2v) is 3.15. The van der Waals surface area contributed by atoms with Crippen LogP contribution in [0.4, 0.5) is 5.69 Å². The molecule has 0 unspecified atom stereocenters. The largest absolute Gasteiger partial charge is 0.464 e. The summed E-state index contributed by atoms with van der Waals surface area (Å²) in [4.78, 5) is 0. The first-order valence-electron chi connectivity index (χ1n) is 3.86. The predicted molar refractivity (Wildman–Crippen MR) is 53.6 cm³/mol. The number of rotatable bonds is 1. The van der Waals surface area contributed by atoms with Gasteiger partial charge in [-0.15, -0.1) is 0 Å². The van der Waals surface area contributed by atoms with Gasteiger partial charge in [-0.3, -0.25) is 0 Å². The molecule has 2 nitrogen and oxygen atoms in total. The number of hydrogen-bond donors (Lipinski definition) is 1. The second kappa shape index (κ2) is 3.15. The fraction of sp³-hybridized carbons (Fsp3) is 0. The standard InChI is InChI=1S/C10H8ClNO/c11-7-3-4-9(12)8(6-7)10-2-1-5-13-10/h1-6H,12H2. The van der Waals surface area contributed by atoms with E-state index in [0.29, 0.717) is 10.7 Å². The van der Waals surface area contributed by atoms with Gasteiger partial charge in [0.1, 0.15) is 5.76 Å². The van der Waals surface area contributed by atoms with Crippen LogP contribution in [0.25, 0.3) is 11.3 Å². The smallest absolute Gasteiger partial charge is 0.135 e. The monoisotopic (exact) mass is 193 g/mol. The second-order valence-electron chi connectivity index (χ2n) is 2.71.